The Kier molecular flexibility index (Phi) is 3.01. The van der Waals surface area contributed by atoms with Crippen molar-refractivity contribution in [3.63, 3.8) is 0 Å². The van der Waals surface area contributed by atoms with Gasteiger partial charge >= 0.3 is 0 Å². The lowest BCUT2D eigenvalue weighted by molar-refractivity contribution is 0.199. The van der Waals surface area contributed by atoms with Gasteiger partial charge in [0.05, 0.1) is 18.3 Å². The zero-order valence-electron chi connectivity index (χ0n) is 9.44. The number of benzene rings is 1. The Labute approximate surface area is 94.7 Å². The molecule has 2 N–H and O–H groups in total. The van der Waals surface area contributed by atoms with Gasteiger partial charge in [0.2, 0.25) is 5.96 Å². The molecular formula is C12H15N3O. The molecule has 1 unspecified atom stereocenters. The normalized spacial score (nSPS) is 18.8. The lowest BCUT2D eigenvalue weighted by Gasteiger charge is -2.07. The van der Waals surface area contributed by atoms with Crippen LogP contribution < -0.4 is 5.32 Å². The Bertz CT molecular complexity index is 450. The van der Waals surface area contributed by atoms with Crippen molar-refractivity contribution in [2.24, 2.45) is 9.98 Å². The van der Waals surface area contributed by atoms with Gasteiger partial charge in [0.15, 0.2) is 0 Å². The summed E-state index contributed by atoms with van der Waals surface area (Å²) < 4.78 is 0. The van der Waals surface area contributed by atoms with E-state index in [0.29, 0.717) is 5.96 Å². The van der Waals surface area contributed by atoms with Gasteiger partial charge in [0, 0.05) is 6.21 Å². The Morgan fingerprint density at radius 1 is 1.50 bits per heavy atom. The Morgan fingerprint density at radius 3 is 2.88 bits per heavy atom. The Hall–Kier alpha value is -1.68. The van der Waals surface area contributed by atoms with Gasteiger partial charge in [-0.25, -0.2) is 9.98 Å². The van der Waals surface area contributed by atoms with Crippen molar-refractivity contribution in [2.45, 2.75) is 20.0 Å². The summed E-state index contributed by atoms with van der Waals surface area (Å²) in [6.45, 7) is 4.47. The third kappa shape index (κ3) is 2.28. The average Bonchev–Trinajstić information content (AvgIpc) is 2.73. The number of guanidine groups is 1. The fourth-order valence-electron chi connectivity index (χ4n) is 1.56. The van der Waals surface area contributed by atoms with Gasteiger partial charge in [0.25, 0.3) is 0 Å². The number of aryl methyl sites for hydroxylation is 1. The molecule has 0 saturated heterocycles. The number of aliphatic hydroxyl groups excluding tert-OH is 1. The molecule has 2 rings (SSSR count). The van der Waals surface area contributed by atoms with Gasteiger partial charge < -0.3 is 10.4 Å². The number of hydrogen-bond donors (Lipinski definition) is 2. The van der Waals surface area contributed by atoms with Crippen molar-refractivity contribution >= 4 is 17.9 Å². The molecule has 0 aliphatic carbocycles. The standard InChI is InChI=1S/C12H15N3O/c1-8-7-10(9(2)16)3-4-11(8)15-12-13-5-6-14-12/h3-5,7,9,16H,6H2,1-2H3,(H,14,15). The van der Waals surface area contributed by atoms with Crippen LogP contribution in [-0.4, -0.2) is 23.8 Å². The van der Waals surface area contributed by atoms with Crippen LogP contribution >= 0.6 is 0 Å². The lowest BCUT2D eigenvalue weighted by Crippen LogP contribution is -2.15. The van der Waals surface area contributed by atoms with E-state index in [4.69, 9.17) is 0 Å². The quantitative estimate of drug-likeness (QED) is 0.792. The van der Waals surface area contributed by atoms with E-state index in [2.05, 4.69) is 15.3 Å². The summed E-state index contributed by atoms with van der Waals surface area (Å²) in [6.07, 6.45) is 1.35. The predicted molar refractivity (Wildman–Crippen MR) is 65.4 cm³/mol. The second kappa shape index (κ2) is 4.45. The molecule has 0 saturated carbocycles. The number of aliphatic hydroxyl groups is 1. The van der Waals surface area contributed by atoms with E-state index in [1.165, 1.54) is 0 Å². The lowest BCUT2D eigenvalue weighted by atomic mass is 10.1. The third-order valence-electron chi connectivity index (χ3n) is 2.49. The van der Waals surface area contributed by atoms with Gasteiger partial charge in [0.1, 0.15) is 0 Å². The molecule has 1 aliphatic heterocycles. The first-order valence-corrected chi connectivity index (χ1v) is 5.30. The van der Waals surface area contributed by atoms with Crippen molar-refractivity contribution in [1.29, 1.82) is 0 Å². The third-order valence-corrected chi connectivity index (χ3v) is 2.49. The Morgan fingerprint density at radius 2 is 2.31 bits per heavy atom. The van der Waals surface area contributed by atoms with Crippen LogP contribution in [0, 0.1) is 6.92 Å². The maximum atomic E-state index is 9.45. The summed E-state index contributed by atoms with van der Waals surface area (Å²) in [5.74, 6) is 0.646. The van der Waals surface area contributed by atoms with Crippen molar-refractivity contribution < 1.29 is 5.11 Å². The number of hydrogen-bond acceptors (Lipinski definition) is 2. The van der Waals surface area contributed by atoms with E-state index in [1.807, 2.05) is 25.1 Å². The van der Waals surface area contributed by atoms with E-state index in [1.54, 1.807) is 13.1 Å². The molecule has 1 aromatic rings. The monoisotopic (exact) mass is 217 g/mol. The van der Waals surface area contributed by atoms with Crippen molar-refractivity contribution in [2.75, 3.05) is 6.54 Å². The maximum absolute atomic E-state index is 9.45. The summed E-state index contributed by atoms with van der Waals surface area (Å²) in [4.78, 5) is 8.48. The van der Waals surface area contributed by atoms with E-state index >= 15 is 0 Å². The molecule has 1 aliphatic rings. The molecule has 0 spiro atoms. The zero-order valence-corrected chi connectivity index (χ0v) is 9.44. The van der Waals surface area contributed by atoms with Gasteiger partial charge in [-0.1, -0.05) is 12.1 Å². The van der Waals surface area contributed by atoms with E-state index in [-0.39, 0.29) is 0 Å². The van der Waals surface area contributed by atoms with Gasteiger partial charge in [-0.3, -0.25) is 0 Å². The first kappa shape index (κ1) is 10.8. The summed E-state index contributed by atoms with van der Waals surface area (Å²) in [5, 5.41) is 12.5. The Balaban J connectivity index is 2.29. The summed E-state index contributed by atoms with van der Waals surface area (Å²) in [6, 6.07) is 5.73. The molecule has 4 heteroatoms. The molecule has 1 aromatic carbocycles. The van der Waals surface area contributed by atoms with Crippen molar-refractivity contribution in [1.82, 2.24) is 5.32 Å². The van der Waals surface area contributed by atoms with Crippen LogP contribution in [0.15, 0.2) is 28.2 Å². The zero-order chi connectivity index (χ0) is 11.5. The second-order valence-electron chi connectivity index (χ2n) is 3.85. The van der Waals surface area contributed by atoms with Crippen LogP contribution in [0.4, 0.5) is 5.69 Å². The molecule has 0 fully saturated rings. The van der Waals surface area contributed by atoms with Crippen LogP contribution in [0.2, 0.25) is 0 Å². The van der Waals surface area contributed by atoms with Crippen LogP contribution in [0.3, 0.4) is 0 Å². The number of nitrogens with one attached hydrogen (secondary N) is 1. The highest BCUT2D eigenvalue weighted by Gasteiger charge is 2.06. The van der Waals surface area contributed by atoms with E-state index in [0.717, 1.165) is 23.4 Å². The smallest absolute Gasteiger partial charge is 0.223 e. The van der Waals surface area contributed by atoms with Gasteiger partial charge in [-0.2, -0.15) is 0 Å². The van der Waals surface area contributed by atoms with Crippen LogP contribution in [0.5, 0.6) is 0 Å². The molecule has 1 atom stereocenters. The number of nitrogens with zero attached hydrogens (tertiary/aromatic N) is 2. The highest BCUT2D eigenvalue weighted by Crippen LogP contribution is 2.23. The minimum Gasteiger partial charge on any atom is -0.389 e. The summed E-state index contributed by atoms with van der Waals surface area (Å²) in [7, 11) is 0. The molecule has 4 nitrogen and oxygen atoms in total. The minimum atomic E-state index is -0.442. The fourth-order valence-corrected chi connectivity index (χ4v) is 1.56. The average molecular weight is 217 g/mol. The van der Waals surface area contributed by atoms with Crippen LogP contribution in [0.1, 0.15) is 24.2 Å². The first-order valence-electron chi connectivity index (χ1n) is 5.30. The molecule has 0 amide bonds. The fraction of sp³-hybridized carbons (Fsp3) is 0.333. The highest BCUT2D eigenvalue weighted by atomic mass is 16.3. The number of aliphatic imine (C=N–C) groups is 2. The topological polar surface area (TPSA) is 57.0 Å². The molecular weight excluding hydrogens is 202 g/mol. The minimum absolute atomic E-state index is 0.442. The molecule has 1 heterocycles. The van der Waals surface area contributed by atoms with E-state index < -0.39 is 6.10 Å². The SMILES string of the molecule is Cc1cc(C(C)O)ccc1N=C1N=CCN1. The maximum Gasteiger partial charge on any atom is 0.223 e. The first-order chi connectivity index (χ1) is 7.66. The highest BCUT2D eigenvalue weighted by molar-refractivity contribution is 5.95. The van der Waals surface area contributed by atoms with Crippen LogP contribution in [-0.2, 0) is 0 Å². The molecule has 16 heavy (non-hydrogen) atoms. The number of rotatable bonds is 2. The summed E-state index contributed by atoms with van der Waals surface area (Å²) >= 11 is 0. The van der Waals surface area contributed by atoms with Crippen molar-refractivity contribution in [3.8, 4) is 0 Å². The largest absolute Gasteiger partial charge is 0.389 e. The molecule has 0 bridgehead atoms. The molecule has 0 aromatic heterocycles. The van der Waals surface area contributed by atoms with Gasteiger partial charge in [-0.15, -0.1) is 0 Å². The predicted octanol–water partition coefficient (Wildman–Crippen LogP) is 1.71. The second-order valence-corrected chi connectivity index (χ2v) is 3.85. The van der Waals surface area contributed by atoms with E-state index in [9.17, 15) is 5.11 Å². The summed E-state index contributed by atoms with van der Waals surface area (Å²) in [5.41, 5.74) is 2.82. The van der Waals surface area contributed by atoms with Crippen molar-refractivity contribution in [3.05, 3.63) is 29.3 Å². The molecule has 84 valence electrons. The van der Waals surface area contributed by atoms with Gasteiger partial charge in [-0.05, 0) is 31.0 Å². The van der Waals surface area contributed by atoms with Crippen LogP contribution in [0.25, 0.3) is 0 Å². The molecule has 0 radical (unpaired) electrons.